The van der Waals surface area contributed by atoms with Crippen molar-refractivity contribution in [1.82, 2.24) is 5.43 Å². The maximum Gasteiger partial charge on any atom is 0.240 e. The van der Waals surface area contributed by atoms with E-state index in [1.165, 1.54) is 0 Å². The molecule has 1 aliphatic rings. The van der Waals surface area contributed by atoms with Gasteiger partial charge in [0.2, 0.25) is 5.91 Å². The highest BCUT2D eigenvalue weighted by Crippen LogP contribution is 2.38. The summed E-state index contributed by atoms with van der Waals surface area (Å²) in [5.41, 5.74) is 3.49. The molecular formula is C15H19ClN2O4. The van der Waals surface area contributed by atoms with Crippen molar-refractivity contribution in [2.75, 3.05) is 13.2 Å². The second-order valence-corrected chi connectivity index (χ2v) is 5.57. The summed E-state index contributed by atoms with van der Waals surface area (Å²) in [6.45, 7) is 2.39. The molecule has 0 bridgehead atoms. The average molecular weight is 327 g/mol. The SMILES string of the molecule is CC1CC(=O)NN=C1c1ccc(OCCCCO)c(Cl)c1O. The van der Waals surface area contributed by atoms with E-state index in [9.17, 15) is 9.90 Å². The number of phenols is 1. The highest BCUT2D eigenvalue weighted by molar-refractivity contribution is 6.34. The Morgan fingerprint density at radius 2 is 2.23 bits per heavy atom. The number of carbonyl (C=O) groups excluding carboxylic acids is 1. The number of halogens is 1. The van der Waals surface area contributed by atoms with Crippen LogP contribution in [0, 0.1) is 5.92 Å². The first-order valence-corrected chi connectivity index (χ1v) is 7.54. The van der Waals surface area contributed by atoms with E-state index in [0.717, 1.165) is 0 Å². The van der Waals surface area contributed by atoms with Gasteiger partial charge >= 0.3 is 0 Å². The third kappa shape index (κ3) is 3.69. The van der Waals surface area contributed by atoms with Crippen molar-refractivity contribution < 1.29 is 19.7 Å². The number of amides is 1. The van der Waals surface area contributed by atoms with Gasteiger partial charge in [-0.25, -0.2) is 5.43 Å². The van der Waals surface area contributed by atoms with E-state index in [1.54, 1.807) is 12.1 Å². The molecule has 0 aliphatic carbocycles. The second-order valence-electron chi connectivity index (χ2n) is 5.19. The Kier molecular flexibility index (Phi) is 5.63. The van der Waals surface area contributed by atoms with Gasteiger partial charge in [0.1, 0.15) is 16.5 Å². The zero-order valence-corrected chi connectivity index (χ0v) is 13.1. The zero-order chi connectivity index (χ0) is 16.1. The first-order valence-electron chi connectivity index (χ1n) is 7.16. The Labute approximate surface area is 133 Å². The number of nitrogens with zero attached hydrogens (tertiary/aromatic N) is 1. The first-order chi connectivity index (χ1) is 10.5. The molecule has 7 heteroatoms. The molecule has 0 aromatic heterocycles. The zero-order valence-electron chi connectivity index (χ0n) is 12.3. The summed E-state index contributed by atoms with van der Waals surface area (Å²) >= 11 is 6.14. The van der Waals surface area contributed by atoms with Crippen LogP contribution in [-0.4, -0.2) is 35.0 Å². The maximum absolute atomic E-state index is 11.3. The molecule has 1 unspecified atom stereocenters. The van der Waals surface area contributed by atoms with Gasteiger partial charge in [-0.3, -0.25) is 4.79 Å². The van der Waals surface area contributed by atoms with Crippen molar-refractivity contribution in [3.8, 4) is 11.5 Å². The Balaban J connectivity index is 2.18. The number of nitrogens with one attached hydrogen (secondary N) is 1. The van der Waals surface area contributed by atoms with E-state index >= 15 is 0 Å². The molecule has 0 saturated carbocycles. The van der Waals surface area contributed by atoms with Crippen LogP contribution in [0.4, 0.5) is 0 Å². The molecule has 0 fully saturated rings. The number of phenolic OH excluding ortho intramolecular Hbond substituents is 1. The molecule has 0 saturated heterocycles. The lowest BCUT2D eigenvalue weighted by Crippen LogP contribution is -2.32. The lowest BCUT2D eigenvalue weighted by molar-refractivity contribution is -0.121. The summed E-state index contributed by atoms with van der Waals surface area (Å²) in [5, 5.41) is 23.1. The van der Waals surface area contributed by atoms with Gasteiger partial charge in [-0.1, -0.05) is 18.5 Å². The van der Waals surface area contributed by atoms with Crippen LogP contribution in [0.15, 0.2) is 17.2 Å². The van der Waals surface area contributed by atoms with Crippen LogP contribution in [0.3, 0.4) is 0 Å². The number of hydrogen-bond donors (Lipinski definition) is 3. The highest BCUT2D eigenvalue weighted by Gasteiger charge is 2.25. The van der Waals surface area contributed by atoms with Gasteiger partial charge in [0, 0.05) is 24.5 Å². The van der Waals surface area contributed by atoms with Crippen molar-refractivity contribution in [3.63, 3.8) is 0 Å². The van der Waals surface area contributed by atoms with Crippen molar-refractivity contribution >= 4 is 23.2 Å². The number of carbonyl (C=O) groups is 1. The minimum Gasteiger partial charge on any atom is -0.506 e. The number of ether oxygens (including phenoxy) is 1. The maximum atomic E-state index is 11.3. The van der Waals surface area contributed by atoms with Crippen molar-refractivity contribution in [2.24, 2.45) is 11.0 Å². The van der Waals surface area contributed by atoms with Gasteiger partial charge in [0.25, 0.3) is 0 Å². The van der Waals surface area contributed by atoms with Crippen LogP contribution in [0.25, 0.3) is 0 Å². The molecular weight excluding hydrogens is 308 g/mol. The predicted octanol–water partition coefficient (Wildman–Crippen LogP) is 2.06. The fourth-order valence-corrected chi connectivity index (χ4v) is 2.46. The Bertz CT molecular complexity index is 589. The van der Waals surface area contributed by atoms with Crippen molar-refractivity contribution in [3.05, 3.63) is 22.7 Å². The topological polar surface area (TPSA) is 91.2 Å². The van der Waals surface area contributed by atoms with Crippen LogP contribution in [0.2, 0.25) is 5.02 Å². The summed E-state index contributed by atoms with van der Waals surface area (Å²) in [6.07, 6.45) is 1.66. The minimum atomic E-state index is -0.148. The Morgan fingerprint density at radius 3 is 2.91 bits per heavy atom. The molecule has 2 rings (SSSR count). The van der Waals surface area contributed by atoms with Crippen LogP contribution in [0.5, 0.6) is 11.5 Å². The summed E-state index contributed by atoms with van der Waals surface area (Å²) in [4.78, 5) is 11.3. The molecule has 0 spiro atoms. The molecule has 1 aromatic rings. The van der Waals surface area contributed by atoms with Gasteiger partial charge in [-0.2, -0.15) is 5.10 Å². The highest BCUT2D eigenvalue weighted by atomic mass is 35.5. The van der Waals surface area contributed by atoms with E-state index in [0.29, 0.717) is 42.9 Å². The van der Waals surface area contributed by atoms with E-state index < -0.39 is 0 Å². The summed E-state index contributed by atoms with van der Waals surface area (Å²) in [5.74, 6) is 0.0229. The van der Waals surface area contributed by atoms with E-state index in [-0.39, 0.29) is 29.2 Å². The molecule has 1 amide bonds. The van der Waals surface area contributed by atoms with Crippen LogP contribution >= 0.6 is 11.6 Å². The van der Waals surface area contributed by atoms with E-state index in [4.69, 9.17) is 21.4 Å². The molecule has 1 heterocycles. The third-order valence-corrected chi connectivity index (χ3v) is 3.79. The lowest BCUT2D eigenvalue weighted by Gasteiger charge is -2.20. The number of benzene rings is 1. The molecule has 3 N–H and O–H groups in total. The second kappa shape index (κ2) is 7.47. The summed E-state index contributed by atoms with van der Waals surface area (Å²) in [7, 11) is 0. The van der Waals surface area contributed by atoms with E-state index in [1.807, 2.05) is 6.92 Å². The standard InChI is InChI=1S/C15H19ClN2O4/c1-9-8-12(20)17-18-14(9)10-4-5-11(13(16)15(10)21)22-7-3-2-6-19/h4-5,9,19,21H,2-3,6-8H2,1H3,(H,17,20). The number of hydrazone groups is 1. The number of aromatic hydroxyl groups is 1. The quantitative estimate of drug-likeness (QED) is 0.698. The van der Waals surface area contributed by atoms with Crippen molar-refractivity contribution in [1.29, 1.82) is 0 Å². The lowest BCUT2D eigenvalue weighted by atomic mass is 9.93. The predicted molar refractivity (Wildman–Crippen MR) is 83.4 cm³/mol. The van der Waals surface area contributed by atoms with Crippen LogP contribution in [-0.2, 0) is 4.79 Å². The van der Waals surface area contributed by atoms with Gasteiger partial charge in [0.05, 0.1) is 12.3 Å². The molecule has 120 valence electrons. The van der Waals surface area contributed by atoms with Crippen LogP contribution < -0.4 is 10.2 Å². The summed E-state index contributed by atoms with van der Waals surface area (Å²) < 4.78 is 5.49. The van der Waals surface area contributed by atoms with Gasteiger partial charge in [-0.05, 0) is 25.0 Å². The first kappa shape index (κ1) is 16.6. The van der Waals surface area contributed by atoms with Crippen LogP contribution in [0.1, 0.15) is 31.7 Å². The monoisotopic (exact) mass is 326 g/mol. The third-order valence-electron chi connectivity index (χ3n) is 3.43. The average Bonchev–Trinajstić information content (AvgIpc) is 2.49. The number of aliphatic hydroxyl groups is 1. The smallest absolute Gasteiger partial charge is 0.240 e. The fourth-order valence-electron chi connectivity index (χ4n) is 2.24. The van der Waals surface area contributed by atoms with Gasteiger partial charge in [0.15, 0.2) is 0 Å². The molecule has 6 nitrogen and oxygen atoms in total. The van der Waals surface area contributed by atoms with E-state index in [2.05, 4.69) is 10.5 Å². The largest absolute Gasteiger partial charge is 0.506 e. The molecule has 22 heavy (non-hydrogen) atoms. The number of hydrogen-bond acceptors (Lipinski definition) is 5. The Morgan fingerprint density at radius 1 is 1.45 bits per heavy atom. The van der Waals surface area contributed by atoms with Gasteiger partial charge < -0.3 is 14.9 Å². The van der Waals surface area contributed by atoms with Crippen molar-refractivity contribution in [2.45, 2.75) is 26.2 Å². The normalized spacial score (nSPS) is 17.9. The molecule has 1 atom stereocenters. The fraction of sp³-hybridized carbons (Fsp3) is 0.467. The molecule has 0 radical (unpaired) electrons. The summed E-state index contributed by atoms with van der Waals surface area (Å²) in [6, 6.07) is 3.34. The number of rotatable bonds is 6. The number of aliphatic hydroxyl groups excluding tert-OH is 1. The molecule has 1 aromatic carbocycles. The number of unbranched alkanes of at least 4 members (excludes halogenated alkanes) is 1. The molecule has 1 aliphatic heterocycles. The van der Waals surface area contributed by atoms with Gasteiger partial charge in [-0.15, -0.1) is 0 Å². The Hall–Kier alpha value is -1.79. The minimum absolute atomic E-state index is 0.105.